The van der Waals surface area contributed by atoms with E-state index in [0.29, 0.717) is 19.3 Å². The number of hydrogen-bond acceptors (Lipinski definition) is 11. The van der Waals surface area contributed by atoms with Crippen LogP contribution in [0.5, 0.6) is 0 Å². The summed E-state index contributed by atoms with van der Waals surface area (Å²) in [5, 5.41) is 0. The number of fused-ring (bicyclic) bond motifs is 5. The lowest BCUT2D eigenvalue weighted by Gasteiger charge is -2.44. The number of rotatable bonds is 13. The predicted octanol–water partition coefficient (Wildman–Crippen LogP) is 7.60. The van der Waals surface area contributed by atoms with Crippen molar-refractivity contribution < 1.29 is 52.3 Å². The lowest BCUT2D eigenvalue weighted by molar-refractivity contribution is -0.314. The molecule has 4 unspecified atom stereocenters. The molecular weight excluding hydrogens is 767 g/mol. The number of likely N-dealkylation sites (N-methyl/N-ethyl adjacent to an activating group) is 1. The zero-order valence-corrected chi connectivity index (χ0v) is 38.5. The normalized spacial score (nSPS) is 41.8. The molecule has 6 rings (SSSR count). The number of ketones is 1. The number of cyclic esters (lactones) is 1. The molecule has 18 atom stereocenters. The molecule has 0 aromatic heterocycles. The minimum absolute atomic E-state index is 0.00736. The predicted molar refractivity (Wildman–Crippen MR) is 227 cm³/mol. The molecule has 0 radical (unpaired) electrons. The highest BCUT2D eigenvalue weighted by molar-refractivity contribution is 5.99. The van der Waals surface area contributed by atoms with Gasteiger partial charge in [-0.2, -0.15) is 0 Å². The minimum atomic E-state index is -0.617. The first-order chi connectivity index (χ1) is 28.7. The molecule has 12 nitrogen and oxygen atoms in total. The van der Waals surface area contributed by atoms with Gasteiger partial charge in [-0.05, 0) is 101 Å². The van der Waals surface area contributed by atoms with E-state index < -0.39 is 24.6 Å². The zero-order chi connectivity index (χ0) is 43.4. The number of methoxy groups -OCH3 is 3. The van der Waals surface area contributed by atoms with Crippen LogP contribution in [-0.4, -0.2) is 118 Å². The monoisotopic (exact) mass is 844 g/mol. The van der Waals surface area contributed by atoms with Crippen molar-refractivity contribution >= 4 is 17.7 Å². The maximum Gasteiger partial charge on any atom is 0.306 e. The highest BCUT2D eigenvalue weighted by Crippen LogP contribution is 2.56. The molecule has 0 N–H and O–H groups in total. The molecule has 1 saturated carbocycles. The van der Waals surface area contributed by atoms with Gasteiger partial charge in [0.2, 0.25) is 5.91 Å². The van der Waals surface area contributed by atoms with Gasteiger partial charge < -0.3 is 42.8 Å². The van der Waals surface area contributed by atoms with Gasteiger partial charge in [-0.3, -0.25) is 14.4 Å². The maximum absolute atomic E-state index is 14.9. The number of hydrogen-bond donors (Lipinski definition) is 0. The molecule has 0 aromatic rings. The number of ether oxygens (including phenoxy) is 8. The van der Waals surface area contributed by atoms with Crippen LogP contribution < -0.4 is 0 Å². The van der Waals surface area contributed by atoms with E-state index in [2.05, 4.69) is 32.9 Å². The number of esters is 1. The van der Waals surface area contributed by atoms with Crippen LogP contribution in [0.2, 0.25) is 0 Å². The van der Waals surface area contributed by atoms with Gasteiger partial charge in [0, 0.05) is 52.6 Å². The highest BCUT2D eigenvalue weighted by atomic mass is 16.7. The van der Waals surface area contributed by atoms with E-state index in [4.69, 9.17) is 37.9 Å². The lowest BCUT2D eigenvalue weighted by Crippen LogP contribution is -2.59. The van der Waals surface area contributed by atoms with Gasteiger partial charge in [0.15, 0.2) is 18.4 Å². The number of allylic oxidation sites excluding steroid dienone is 4. The number of carbonyl (C=O) groups excluding carboxylic acids is 3. The van der Waals surface area contributed by atoms with E-state index in [1.54, 1.807) is 21.3 Å². The second-order valence-electron chi connectivity index (χ2n) is 19.0. The van der Waals surface area contributed by atoms with Crippen molar-refractivity contribution in [2.75, 3.05) is 28.4 Å². The van der Waals surface area contributed by atoms with Gasteiger partial charge in [0.25, 0.3) is 0 Å². The van der Waals surface area contributed by atoms with Crippen LogP contribution >= 0.6 is 0 Å². The van der Waals surface area contributed by atoms with E-state index >= 15 is 0 Å². The second-order valence-corrected chi connectivity index (χ2v) is 19.0. The Morgan fingerprint density at radius 1 is 0.867 bits per heavy atom. The largest absolute Gasteiger partial charge is 0.462 e. The van der Waals surface area contributed by atoms with E-state index in [1.807, 2.05) is 39.6 Å². The molecule has 3 saturated heterocycles. The van der Waals surface area contributed by atoms with Crippen LogP contribution in [0.4, 0.5) is 0 Å². The molecule has 12 heteroatoms. The first-order valence-electron chi connectivity index (χ1n) is 23.3. The summed E-state index contributed by atoms with van der Waals surface area (Å²) in [5.74, 6) is -0.132. The molecule has 3 aliphatic carbocycles. The standard InChI is InChI=1S/C48H77NO11/c1-12-14-16-26(3)47(52)49(8)39-19-20-42(56-29(39)6)60-40-18-15-17-31(13-2)58-41(50)25-37-34-21-27(4)33-22-32(23-35(33)36(34)24-38(37)43(51)28(40)5)59-48-46(55-11)45(54-10)44(53-9)30(7)57-48/h21,24,26,28-37,39-40,42,44-46,48H,12-20,22-23,25H2,1-11H3/t26?,28-,29?,30?,31+,32-,33+,34-,35-,36-,37+,39+,40+,42+,44+,45?,46+,48+/m1/s1. The third-order valence-corrected chi connectivity index (χ3v) is 15.3. The molecule has 60 heavy (non-hydrogen) atoms. The number of Topliss-reactive ketones (excluding diaryl/α,β-unsaturated/α-hetero) is 1. The van der Waals surface area contributed by atoms with Gasteiger partial charge in [-0.25, -0.2) is 0 Å². The van der Waals surface area contributed by atoms with Crippen molar-refractivity contribution in [2.45, 2.75) is 193 Å². The fourth-order valence-corrected chi connectivity index (χ4v) is 11.8. The molecule has 6 aliphatic rings. The SMILES string of the molecule is CCCCC(C)C(=O)N(C)[C@H]1CC[C@H](O[C@H]2CCC[C@H](CC)OC(=O)C[C@@H]3C(=C[C@@H]4[C@H]3C=C(C)[C@@H]3C[C@@H](O[C@@H]5OC(C)[C@H](OC)C(OC)[C@@H]5OC)C[C@@H]43)C(=O)[C@@H]2C)OC1C. The van der Waals surface area contributed by atoms with Crippen molar-refractivity contribution in [2.24, 2.45) is 41.4 Å². The summed E-state index contributed by atoms with van der Waals surface area (Å²) in [6, 6.07) is -0.0316. The summed E-state index contributed by atoms with van der Waals surface area (Å²) < 4.78 is 50.1. The van der Waals surface area contributed by atoms with Crippen LogP contribution in [0, 0.1) is 41.4 Å². The minimum Gasteiger partial charge on any atom is -0.462 e. The Kier molecular flexibility index (Phi) is 16.5. The van der Waals surface area contributed by atoms with Gasteiger partial charge in [-0.15, -0.1) is 0 Å². The van der Waals surface area contributed by atoms with E-state index in [9.17, 15) is 14.4 Å². The summed E-state index contributed by atoms with van der Waals surface area (Å²) in [6.07, 6.45) is 10.3. The Morgan fingerprint density at radius 3 is 2.27 bits per heavy atom. The quantitative estimate of drug-likeness (QED) is 0.134. The van der Waals surface area contributed by atoms with Gasteiger partial charge >= 0.3 is 5.97 Å². The summed E-state index contributed by atoms with van der Waals surface area (Å²) in [5.41, 5.74) is 2.02. The van der Waals surface area contributed by atoms with Crippen molar-refractivity contribution in [1.29, 1.82) is 0 Å². The van der Waals surface area contributed by atoms with E-state index in [-0.39, 0.29) is 108 Å². The van der Waals surface area contributed by atoms with Gasteiger partial charge in [0.1, 0.15) is 24.4 Å². The first-order valence-corrected chi connectivity index (χ1v) is 23.3. The first kappa shape index (κ1) is 47.3. The Bertz CT molecular complexity index is 1530. The summed E-state index contributed by atoms with van der Waals surface area (Å²) in [6.45, 7) is 14.4. The fraction of sp³-hybridized carbons (Fsp3) is 0.854. The molecule has 3 aliphatic heterocycles. The summed E-state index contributed by atoms with van der Waals surface area (Å²) >= 11 is 0. The van der Waals surface area contributed by atoms with Crippen LogP contribution in [0.15, 0.2) is 23.3 Å². The van der Waals surface area contributed by atoms with Crippen molar-refractivity contribution in [3.63, 3.8) is 0 Å². The van der Waals surface area contributed by atoms with E-state index in [1.165, 1.54) is 5.57 Å². The molecule has 0 aromatic carbocycles. The molecular formula is C48H77NO11. The van der Waals surface area contributed by atoms with Crippen LogP contribution in [0.1, 0.15) is 126 Å². The molecule has 4 fully saturated rings. The zero-order valence-electron chi connectivity index (χ0n) is 38.5. The number of nitrogens with zero attached hydrogens (tertiary/aromatic N) is 1. The molecule has 0 spiro atoms. The smallest absolute Gasteiger partial charge is 0.306 e. The molecule has 3 heterocycles. The van der Waals surface area contributed by atoms with Crippen molar-refractivity contribution in [1.82, 2.24) is 4.90 Å². The number of carbonyl (C=O) groups is 3. The number of unbranched alkanes of at least 4 members (excludes halogenated alkanes) is 1. The van der Waals surface area contributed by atoms with Gasteiger partial charge in [0.05, 0.1) is 36.9 Å². The lowest BCUT2D eigenvalue weighted by atomic mass is 9.67. The van der Waals surface area contributed by atoms with Crippen LogP contribution in [0.3, 0.4) is 0 Å². The van der Waals surface area contributed by atoms with Gasteiger partial charge in [-0.1, -0.05) is 58.3 Å². The van der Waals surface area contributed by atoms with E-state index in [0.717, 1.165) is 56.9 Å². The molecule has 0 bridgehead atoms. The van der Waals surface area contributed by atoms with Crippen LogP contribution in [0.25, 0.3) is 0 Å². The second kappa shape index (κ2) is 21.0. The highest BCUT2D eigenvalue weighted by Gasteiger charge is 2.54. The average Bonchev–Trinajstić information content (AvgIpc) is 3.82. The Balaban J connectivity index is 1.19. The van der Waals surface area contributed by atoms with Crippen molar-refractivity contribution in [3.8, 4) is 0 Å². The van der Waals surface area contributed by atoms with Crippen molar-refractivity contribution in [3.05, 3.63) is 23.3 Å². The fourth-order valence-electron chi connectivity index (χ4n) is 11.8. The number of amides is 1. The molecule has 1 amide bonds. The molecule has 340 valence electrons. The Labute approximate surface area is 360 Å². The Morgan fingerprint density at radius 2 is 1.60 bits per heavy atom. The third-order valence-electron chi connectivity index (χ3n) is 15.3. The average molecular weight is 844 g/mol. The maximum atomic E-state index is 14.9. The Hall–Kier alpha value is -2.19. The van der Waals surface area contributed by atoms with Crippen LogP contribution in [-0.2, 0) is 52.3 Å². The summed E-state index contributed by atoms with van der Waals surface area (Å²) in [7, 11) is 6.87. The topological polar surface area (TPSA) is 128 Å². The summed E-state index contributed by atoms with van der Waals surface area (Å²) in [4.78, 5) is 43.8. The third kappa shape index (κ3) is 10.1.